The standard InChI is InChI=1S/C16H24N2O3/c1-3-20-14-9-8-11(10-15(14)21-4-2)18-16(19)12-6-5-7-13(12)17/h8-10,12-13H,3-7,17H2,1-2H3,(H,18,19). The van der Waals surface area contributed by atoms with Gasteiger partial charge in [-0.15, -0.1) is 0 Å². The first kappa shape index (κ1) is 15.6. The second-order valence-corrected chi connectivity index (χ2v) is 5.22. The second kappa shape index (κ2) is 7.31. The van der Waals surface area contributed by atoms with E-state index < -0.39 is 0 Å². The van der Waals surface area contributed by atoms with Gasteiger partial charge in [0.15, 0.2) is 11.5 Å². The number of hydrogen-bond acceptors (Lipinski definition) is 4. The van der Waals surface area contributed by atoms with Crippen LogP contribution < -0.4 is 20.5 Å². The molecule has 1 aliphatic rings. The molecule has 0 saturated heterocycles. The largest absolute Gasteiger partial charge is 0.490 e. The summed E-state index contributed by atoms with van der Waals surface area (Å²) < 4.78 is 11.1. The number of anilines is 1. The molecule has 3 N–H and O–H groups in total. The molecular weight excluding hydrogens is 268 g/mol. The van der Waals surface area contributed by atoms with Crippen LogP contribution in [0, 0.1) is 5.92 Å². The summed E-state index contributed by atoms with van der Waals surface area (Å²) in [5, 5.41) is 2.93. The van der Waals surface area contributed by atoms with Crippen LogP contribution in [0.5, 0.6) is 11.5 Å². The summed E-state index contributed by atoms with van der Waals surface area (Å²) in [5.41, 5.74) is 6.68. The molecule has 0 aliphatic heterocycles. The monoisotopic (exact) mass is 292 g/mol. The smallest absolute Gasteiger partial charge is 0.229 e. The van der Waals surface area contributed by atoms with E-state index >= 15 is 0 Å². The van der Waals surface area contributed by atoms with Crippen molar-refractivity contribution in [1.29, 1.82) is 0 Å². The lowest BCUT2D eigenvalue weighted by Crippen LogP contribution is -2.34. The molecule has 1 aliphatic carbocycles. The van der Waals surface area contributed by atoms with Gasteiger partial charge >= 0.3 is 0 Å². The van der Waals surface area contributed by atoms with E-state index in [0.29, 0.717) is 30.4 Å². The highest BCUT2D eigenvalue weighted by Crippen LogP contribution is 2.31. The Bertz CT molecular complexity index is 490. The Labute approximate surface area is 125 Å². The second-order valence-electron chi connectivity index (χ2n) is 5.22. The molecule has 21 heavy (non-hydrogen) atoms. The zero-order valence-corrected chi connectivity index (χ0v) is 12.7. The lowest BCUT2D eigenvalue weighted by molar-refractivity contribution is -0.120. The van der Waals surface area contributed by atoms with Crippen LogP contribution in [-0.2, 0) is 4.79 Å². The molecule has 2 atom stereocenters. The van der Waals surface area contributed by atoms with E-state index in [2.05, 4.69) is 5.32 Å². The number of hydrogen-bond donors (Lipinski definition) is 2. The van der Waals surface area contributed by atoms with E-state index in [1.807, 2.05) is 26.0 Å². The summed E-state index contributed by atoms with van der Waals surface area (Å²) in [4.78, 5) is 12.2. The van der Waals surface area contributed by atoms with E-state index in [-0.39, 0.29) is 17.9 Å². The maximum Gasteiger partial charge on any atom is 0.229 e. The highest BCUT2D eigenvalue weighted by atomic mass is 16.5. The predicted molar refractivity (Wildman–Crippen MR) is 82.7 cm³/mol. The van der Waals surface area contributed by atoms with Gasteiger partial charge in [-0.1, -0.05) is 6.42 Å². The van der Waals surface area contributed by atoms with Crippen molar-refractivity contribution in [2.24, 2.45) is 11.7 Å². The molecule has 2 unspecified atom stereocenters. The normalized spacial score (nSPS) is 21.1. The van der Waals surface area contributed by atoms with Gasteiger partial charge in [-0.3, -0.25) is 4.79 Å². The molecule has 1 fully saturated rings. The first-order chi connectivity index (χ1) is 10.2. The Hall–Kier alpha value is -1.75. The molecule has 0 spiro atoms. The maximum atomic E-state index is 12.2. The van der Waals surface area contributed by atoms with Gasteiger partial charge in [-0.05, 0) is 38.8 Å². The zero-order valence-electron chi connectivity index (χ0n) is 12.7. The van der Waals surface area contributed by atoms with Crippen LogP contribution in [0.3, 0.4) is 0 Å². The quantitative estimate of drug-likeness (QED) is 0.845. The van der Waals surface area contributed by atoms with Gasteiger partial charge in [0.25, 0.3) is 0 Å². The van der Waals surface area contributed by atoms with Crippen molar-refractivity contribution in [3.05, 3.63) is 18.2 Å². The number of ether oxygens (including phenoxy) is 2. The Morgan fingerprint density at radius 2 is 1.95 bits per heavy atom. The van der Waals surface area contributed by atoms with Crippen molar-refractivity contribution in [1.82, 2.24) is 0 Å². The predicted octanol–water partition coefficient (Wildman–Crippen LogP) is 2.55. The van der Waals surface area contributed by atoms with Crippen molar-refractivity contribution in [3.63, 3.8) is 0 Å². The van der Waals surface area contributed by atoms with Gasteiger partial charge in [-0.25, -0.2) is 0 Å². The third-order valence-electron chi connectivity index (χ3n) is 3.72. The average Bonchev–Trinajstić information content (AvgIpc) is 2.88. The molecule has 0 radical (unpaired) electrons. The van der Waals surface area contributed by atoms with Crippen LogP contribution >= 0.6 is 0 Å². The van der Waals surface area contributed by atoms with Gasteiger partial charge in [0.1, 0.15) is 0 Å². The lowest BCUT2D eigenvalue weighted by Gasteiger charge is -2.17. The van der Waals surface area contributed by atoms with Crippen LogP contribution in [0.4, 0.5) is 5.69 Å². The van der Waals surface area contributed by atoms with Crippen LogP contribution in [0.2, 0.25) is 0 Å². The molecule has 1 saturated carbocycles. The molecule has 116 valence electrons. The van der Waals surface area contributed by atoms with E-state index in [4.69, 9.17) is 15.2 Å². The molecule has 0 aromatic heterocycles. The van der Waals surface area contributed by atoms with Crippen molar-refractivity contribution < 1.29 is 14.3 Å². The summed E-state index contributed by atoms with van der Waals surface area (Å²) in [7, 11) is 0. The van der Waals surface area contributed by atoms with Gasteiger partial charge in [-0.2, -0.15) is 0 Å². The Kier molecular flexibility index (Phi) is 5.44. The molecule has 5 nitrogen and oxygen atoms in total. The van der Waals surface area contributed by atoms with Gasteiger partial charge in [0, 0.05) is 17.8 Å². The highest BCUT2D eigenvalue weighted by molar-refractivity contribution is 5.93. The molecule has 2 rings (SSSR count). The number of rotatable bonds is 6. The van der Waals surface area contributed by atoms with Crippen LogP contribution in [0.15, 0.2) is 18.2 Å². The topological polar surface area (TPSA) is 73.6 Å². The molecule has 1 aromatic rings. The lowest BCUT2D eigenvalue weighted by atomic mass is 10.0. The van der Waals surface area contributed by atoms with Crippen LogP contribution in [-0.4, -0.2) is 25.2 Å². The number of benzene rings is 1. The van der Waals surface area contributed by atoms with Gasteiger partial charge < -0.3 is 20.5 Å². The maximum absolute atomic E-state index is 12.2. The molecule has 5 heteroatoms. The number of carbonyl (C=O) groups is 1. The van der Waals surface area contributed by atoms with Crippen LogP contribution in [0.25, 0.3) is 0 Å². The highest BCUT2D eigenvalue weighted by Gasteiger charge is 2.30. The van der Waals surface area contributed by atoms with E-state index in [1.54, 1.807) is 6.07 Å². The Morgan fingerprint density at radius 1 is 1.24 bits per heavy atom. The summed E-state index contributed by atoms with van der Waals surface area (Å²) in [6.07, 6.45) is 2.81. The summed E-state index contributed by atoms with van der Waals surface area (Å²) in [5.74, 6) is 1.24. The van der Waals surface area contributed by atoms with Crippen LogP contribution in [0.1, 0.15) is 33.1 Å². The fourth-order valence-electron chi connectivity index (χ4n) is 2.68. The third kappa shape index (κ3) is 3.88. The van der Waals surface area contributed by atoms with Crippen molar-refractivity contribution in [3.8, 4) is 11.5 Å². The summed E-state index contributed by atoms with van der Waals surface area (Å²) >= 11 is 0. The van der Waals surface area contributed by atoms with E-state index in [9.17, 15) is 4.79 Å². The van der Waals surface area contributed by atoms with E-state index in [0.717, 1.165) is 19.3 Å². The van der Waals surface area contributed by atoms with Gasteiger partial charge in [0.2, 0.25) is 5.91 Å². The zero-order chi connectivity index (χ0) is 15.2. The van der Waals surface area contributed by atoms with Crippen molar-refractivity contribution >= 4 is 11.6 Å². The minimum Gasteiger partial charge on any atom is -0.490 e. The molecule has 0 heterocycles. The van der Waals surface area contributed by atoms with Crippen molar-refractivity contribution in [2.45, 2.75) is 39.2 Å². The number of amides is 1. The summed E-state index contributed by atoms with van der Waals surface area (Å²) in [6, 6.07) is 5.41. The minimum absolute atomic E-state index is 0.00777. The molecule has 1 amide bonds. The molecule has 0 bridgehead atoms. The number of nitrogens with one attached hydrogen (secondary N) is 1. The fourth-order valence-corrected chi connectivity index (χ4v) is 2.68. The summed E-state index contributed by atoms with van der Waals surface area (Å²) in [6.45, 7) is 4.96. The Morgan fingerprint density at radius 3 is 2.57 bits per heavy atom. The first-order valence-corrected chi connectivity index (χ1v) is 7.61. The van der Waals surface area contributed by atoms with Gasteiger partial charge in [0.05, 0.1) is 19.1 Å². The molecule has 1 aromatic carbocycles. The van der Waals surface area contributed by atoms with E-state index in [1.165, 1.54) is 0 Å². The average molecular weight is 292 g/mol. The number of nitrogens with two attached hydrogens (primary N) is 1. The number of carbonyl (C=O) groups excluding carboxylic acids is 1. The Balaban J connectivity index is 2.09. The first-order valence-electron chi connectivity index (χ1n) is 7.61. The third-order valence-corrected chi connectivity index (χ3v) is 3.72. The van der Waals surface area contributed by atoms with Crippen molar-refractivity contribution in [2.75, 3.05) is 18.5 Å². The fraction of sp³-hybridized carbons (Fsp3) is 0.562. The minimum atomic E-state index is -0.0906. The SMILES string of the molecule is CCOc1ccc(NC(=O)C2CCCC2N)cc1OCC. The molecular formula is C16H24N2O3.